The fourth-order valence-corrected chi connectivity index (χ4v) is 2.42. The summed E-state index contributed by atoms with van der Waals surface area (Å²) in [5, 5.41) is 0.415. The van der Waals surface area contributed by atoms with E-state index in [2.05, 4.69) is 19.1 Å². The molecule has 1 nitrogen and oxygen atoms in total. The molecule has 0 saturated carbocycles. The van der Waals surface area contributed by atoms with Crippen molar-refractivity contribution >= 4 is 28.2 Å². The molecule has 0 heterocycles. The lowest BCUT2D eigenvalue weighted by atomic mass is 10.2. The number of thioether (sulfide) groups is 1. The van der Waals surface area contributed by atoms with Crippen LogP contribution in [0.25, 0.3) is 0 Å². The molecule has 1 unspecified atom stereocenters. The first kappa shape index (κ1) is 11.5. The Bertz CT molecular complexity index is 306. The Morgan fingerprint density at radius 3 is 2.36 bits per heavy atom. The standard InChI is InChI=1S/C11H14OS2/c1-8(14-9(2)13)10-4-6-11(12-3)7-5-10/h4-8H,1-3H3. The number of thiocarbonyl (C=S) groups is 1. The predicted molar refractivity (Wildman–Crippen MR) is 67.3 cm³/mol. The van der Waals surface area contributed by atoms with E-state index in [1.54, 1.807) is 18.9 Å². The van der Waals surface area contributed by atoms with Crippen LogP contribution in [0.1, 0.15) is 24.7 Å². The quantitative estimate of drug-likeness (QED) is 0.725. The summed E-state index contributed by atoms with van der Waals surface area (Å²) in [6, 6.07) is 8.11. The highest BCUT2D eigenvalue weighted by molar-refractivity contribution is 8.23. The third kappa shape index (κ3) is 3.31. The highest BCUT2D eigenvalue weighted by atomic mass is 32.2. The summed E-state index contributed by atoms with van der Waals surface area (Å²) in [5.41, 5.74) is 1.28. The molecular formula is C11H14OS2. The van der Waals surface area contributed by atoms with Crippen molar-refractivity contribution in [1.29, 1.82) is 0 Å². The second-order valence-electron chi connectivity index (χ2n) is 3.02. The van der Waals surface area contributed by atoms with E-state index in [1.807, 2.05) is 19.1 Å². The summed E-state index contributed by atoms with van der Waals surface area (Å²) in [7, 11) is 1.67. The monoisotopic (exact) mass is 226 g/mol. The molecule has 1 rings (SSSR count). The van der Waals surface area contributed by atoms with E-state index in [4.69, 9.17) is 17.0 Å². The van der Waals surface area contributed by atoms with Gasteiger partial charge in [-0.2, -0.15) is 0 Å². The van der Waals surface area contributed by atoms with Crippen molar-refractivity contribution in [2.24, 2.45) is 0 Å². The number of hydrogen-bond donors (Lipinski definition) is 0. The van der Waals surface area contributed by atoms with Crippen LogP contribution in [0, 0.1) is 0 Å². The van der Waals surface area contributed by atoms with Crippen molar-refractivity contribution in [3.63, 3.8) is 0 Å². The van der Waals surface area contributed by atoms with Crippen LogP contribution in [0.2, 0.25) is 0 Å². The maximum Gasteiger partial charge on any atom is 0.118 e. The van der Waals surface area contributed by atoms with Gasteiger partial charge in [0.25, 0.3) is 0 Å². The zero-order valence-electron chi connectivity index (χ0n) is 8.61. The number of ether oxygens (including phenoxy) is 1. The molecule has 1 aromatic rings. The first-order valence-electron chi connectivity index (χ1n) is 4.44. The van der Waals surface area contributed by atoms with Gasteiger partial charge in [0.05, 0.1) is 7.11 Å². The van der Waals surface area contributed by atoms with Crippen LogP contribution in [0.3, 0.4) is 0 Å². The Morgan fingerprint density at radius 2 is 1.93 bits per heavy atom. The molecule has 0 aromatic heterocycles. The molecule has 0 bridgehead atoms. The second-order valence-corrected chi connectivity index (χ2v) is 5.45. The third-order valence-corrected chi connectivity index (χ3v) is 3.17. The van der Waals surface area contributed by atoms with Gasteiger partial charge in [-0.1, -0.05) is 24.4 Å². The SMILES string of the molecule is COc1ccc(C(C)SC(C)=S)cc1. The summed E-state index contributed by atoms with van der Waals surface area (Å²) in [4.78, 5) is 0. The Morgan fingerprint density at radius 1 is 1.36 bits per heavy atom. The van der Waals surface area contributed by atoms with Gasteiger partial charge >= 0.3 is 0 Å². The van der Waals surface area contributed by atoms with Gasteiger partial charge in [0.15, 0.2) is 0 Å². The van der Waals surface area contributed by atoms with Crippen molar-refractivity contribution < 1.29 is 4.74 Å². The van der Waals surface area contributed by atoms with E-state index in [9.17, 15) is 0 Å². The Kier molecular flexibility index (Phi) is 4.42. The van der Waals surface area contributed by atoms with Crippen LogP contribution in [0.5, 0.6) is 5.75 Å². The maximum absolute atomic E-state index is 5.10. The van der Waals surface area contributed by atoms with Gasteiger partial charge in [-0.25, -0.2) is 0 Å². The van der Waals surface area contributed by atoms with Crippen LogP contribution in [0.15, 0.2) is 24.3 Å². The largest absolute Gasteiger partial charge is 0.497 e. The van der Waals surface area contributed by atoms with Gasteiger partial charge in [0.1, 0.15) is 5.75 Å². The number of benzene rings is 1. The maximum atomic E-state index is 5.10. The molecule has 14 heavy (non-hydrogen) atoms. The van der Waals surface area contributed by atoms with Crippen molar-refractivity contribution in [1.82, 2.24) is 0 Å². The van der Waals surface area contributed by atoms with Gasteiger partial charge in [-0.3, -0.25) is 0 Å². The number of rotatable bonds is 3. The third-order valence-electron chi connectivity index (χ3n) is 1.93. The van der Waals surface area contributed by atoms with E-state index < -0.39 is 0 Å². The molecule has 0 fully saturated rings. The number of methoxy groups -OCH3 is 1. The van der Waals surface area contributed by atoms with Crippen molar-refractivity contribution in [2.75, 3.05) is 7.11 Å². The van der Waals surface area contributed by atoms with E-state index in [0.29, 0.717) is 5.25 Å². The molecular weight excluding hydrogens is 212 g/mol. The van der Waals surface area contributed by atoms with Crippen molar-refractivity contribution in [3.05, 3.63) is 29.8 Å². The Hall–Kier alpha value is -0.540. The summed E-state index contributed by atoms with van der Waals surface area (Å²) < 4.78 is 6.08. The number of hydrogen-bond acceptors (Lipinski definition) is 3. The molecule has 0 aliphatic carbocycles. The molecule has 3 heteroatoms. The molecule has 0 N–H and O–H groups in total. The van der Waals surface area contributed by atoms with Crippen LogP contribution in [0.4, 0.5) is 0 Å². The zero-order valence-corrected chi connectivity index (χ0v) is 10.2. The van der Waals surface area contributed by atoms with Gasteiger partial charge in [0.2, 0.25) is 0 Å². The normalized spacial score (nSPS) is 12.2. The lowest BCUT2D eigenvalue weighted by Crippen LogP contribution is -1.91. The highest BCUT2D eigenvalue weighted by Crippen LogP contribution is 2.30. The van der Waals surface area contributed by atoms with Crippen LogP contribution in [-0.2, 0) is 0 Å². The molecule has 0 saturated heterocycles. The first-order chi connectivity index (χ1) is 6.63. The van der Waals surface area contributed by atoms with Gasteiger partial charge in [0, 0.05) is 9.45 Å². The van der Waals surface area contributed by atoms with E-state index in [1.165, 1.54) is 5.56 Å². The molecule has 0 aliphatic heterocycles. The molecule has 1 atom stereocenters. The van der Waals surface area contributed by atoms with E-state index in [-0.39, 0.29) is 0 Å². The van der Waals surface area contributed by atoms with Gasteiger partial charge in [-0.15, -0.1) is 11.8 Å². The first-order valence-corrected chi connectivity index (χ1v) is 5.73. The van der Waals surface area contributed by atoms with E-state index >= 15 is 0 Å². The second kappa shape index (κ2) is 5.37. The Labute approximate surface area is 94.9 Å². The smallest absolute Gasteiger partial charge is 0.118 e. The molecule has 0 spiro atoms. The topological polar surface area (TPSA) is 9.23 Å². The van der Waals surface area contributed by atoms with Crippen LogP contribution >= 0.6 is 24.0 Å². The fourth-order valence-electron chi connectivity index (χ4n) is 1.19. The minimum atomic E-state index is 0.415. The summed E-state index contributed by atoms with van der Waals surface area (Å²) >= 11 is 6.77. The molecule has 0 radical (unpaired) electrons. The zero-order chi connectivity index (χ0) is 10.6. The average Bonchev–Trinajstić information content (AvgIpc) is 2.17. The lowest BCUT2D eigenvalue weighted by molar-refractivity contribution is 0.414. The van der Waals surface area contributed by atoms with Gasteiger partial charge < -0.3 is 4.74 Å². The molecule has 0 aliphatic rings. The van der Waals surface area contributed by atoms with Crippen molar-refractivity contribution in [2.45, 2.75) is 19.1 Å². The van der Waals surface area contributed by atoms with E-state index in [0.717, 1.165) is 9.95 Å². The summed E-state index contributed by atoms with van der Waals surface area (Å²) in [6.45, 7) is 4.11. The molecule has 76 valence electrons. The highest BCUT2D eigenvalue weighted by Gasteiger charge is 2.06. The Balaban J connectivity index is 2.71. The molecule has 1 aromatic carbocycles. The predicted octanol–water partition coefficient (Wildman–Crippen LogP) is 3.84. The van der Waals surface area contributed by atoms with Crippen molar-refractivity contribution in [3.8, 4) is 5.75 Å². The van der Waals surface area contributed by atoms with Gasteiger partial charge in [-0.05, 0) is 31.5 Å². The fraction of sp³-hybridized carbons (Fsp3) is 0.364. The minimum absolute atomic E-state index is 0.415. The molecule has 0 amide bonds. The summed E-state index contributed by atoms with van der Waals surface area (Å²) in [5.74, 6) is 0.894. The minimum Gasteiger partial charge on any atom is -0.497 e. The summed E-state index contributed by atoms with van der Waals surface area (Å²) in [6.07, 6.45) is 0. The lowest BCUT2D eigenvalue weighted by Gasteiger charge is -2.10. The van der Waals surface area contributed by atoms with Crippen LogP contribution in [-0.4, -0.2) is 11.3 Å². The average molecular weight is 226 g/mol. The van der Waals surface area contributed by atoms with Crippen LogP contribution < -0.4 is 4.74 Å².